The molecule has 55 heavy (non-hydrogen) atoms. The van der Waals surface area contributed by atoms with Crippen molar-refractivity contribution in [2.45, 2.75) is 126 Å². The number of unbranched alkanes of at least 4 members (excludes halogenated alkanes) is 12. The minimum atomic E-state index is -4.67. The second-order valence-electron chi connectivity index (χ2n) is 13.4. The average Bonchev–Trinajstić information content (AvgIpc) is 3.13. The smallest absolute Gasteiger partial charge is 0.872 e. The molecule has 0 aliphatic heterocycles. The van der Waals surface area contributed by atoms with Gasteiger partial charge < -0.3 is 24.2 Å². The van der Waals surface area contributed by atoms with E-state index in [2.05, 4.69) is 13.8 Å². The second kappa shape index (κ2) is 25.4. The molecule has 0 radical (unpaired) electrons. The SMILES string of the molecule is CCCCCCCCCc1ccc(Oc2ccc(O)cc2)c(S(=O)(=O)O)c1.CCCCCCCCCc1ccc(Oc2ccc([O-])cc2)c(S(=O)(=O)[O-])c1.[Ca+2]. The number of phenols is 1. The minimum absolute atomic E-state index is 0. The molecule has 4 aromatic carbocycles. The molecule has 0 saturated carbocycles. The third-order valence-corrected chi connectivity index (χ3v) is 10.6. The molecule has 10 nitrogen and oxygen atoms in total. The Hall–Kier alpha value is -2.84. The van der Waals surface area contributed by atoms with Crippen molar-refractivity contribution in [3.63, 3.8) is 0 Å². The molecule has 0 unspecified atom stereocenters. The van der Waals surface area contributed by atoms with E-state index in [1.54, 1.807) is 12.1 Å². The Morgan fingerprint density at radius 1 is 0.545 bits per heavy atom. The molecule has 0 aromatic heterocycles. The first kappa shape index (κ1) is 48.3. The number of rotatable bonds is 22. The molecule has 296 valence electrons. The molecule has 4 aromatic rings. The van der Waals surface area contributed by atoms with E-state index >= 15 is 0 Å². The minimum Gasteiger partial charge on any atom is -0.872 e. The van der Waals surface area contributed by atoms with Gasteiger partial charge in [-0.3, -0.25) is 4.55 Å². The molecule has 0 atom stereocenters. The first-order chi connectivity index (χ1) is 25.8. The van der Waals surface area contributed by atoms with E-state index in [4.69, 9.17) is 9.47 Å². The number of hydrogen-bond donors (Lipinski definition) is 2. The maximum Gasteiger partial charge on any atom is 2.00 e. The number of aryl methyl sites for hydroxylation is 2. The van der Waals surface area contributed by atoms with Crippen molar-refractivity contribution >= 4 is 58.0 Å². The quantitative estimate of drug-likeness (QED) is 0.0441. The molecule has 4 rings (SSSR count). The molecular weight excluding hydrogens is 769 g/mol. The summed E-state index contributed by atoms with van der Waals surface area (Å²) >= 11 is 0. The molecule has 13 heteroatoms. The summed E-state index contributed by atoms with van der Waals surface area (Å²) in [5.41, 5.74) is 1.66. The van der Waals surface area contributed by atoms with Gasteiger partial charge in [0.2, 0.25) is 0 Å². The predicted octanol–water partition coefficient (Wildman–Crippen LogP) is 10.1. The summed E-state index contributed by atoms with van der Waals surface area (Å²) in [5, 5.41) is 20.5. The standard InChI is InChI=1S/2C21H28O5S.Ca/c2*1-2-3-4-5-6-7-8-9-17-10-15-20(21(16-17)27(23,24)25)26-19-13-11-18(22)12-14-19;/h2*10-16,22H,2-9H2,1H3,(H,23,24,25);/q;;+2/p-2. The van der Waals surface area contributed by atoms with Crippen molar-refractivity contribution in [2.75, 3.05) is 0 Å². The van der Waals surface area contributed by atoms with E-state index in [9.17, 15) is 36.2 Å². The Labute approximate surface area is 357 Å². The molecule has 0 aliphatic rings. The Kier molecular flexibility index (Phi) is 22.3. The topological polar surface area (TPSA) is 173 Å². The zero-order valence-electron chi connectivity index (χ0n) is 32.1. The number of ether oxygens (including phenoxy) is 2. The van der Waals surface area contributed by atoms with E-state index in [0.29, 0.717) is 11.5 Å². The van der Waals surface area contributed by atoms with Crippen LogP contribution in [0.15, 0.2) is 94.7 Å². The van der Waals surface area contributed by atoms with Gasteiger partial charge in [-0.1, -0.05) is 115 Å². The molecule has 0 heterocycles. The fourth-order valence-electron chi connectivity index (χ4n) is 5.83. The van der Waals surface area contributed by atoms with Gasteiger partial charge >= 0.3 is 37.7 Å². The summed E-state index contributed by atoms with van der Waals surface area (Å²) in [6.07, 6.45) is 18.0. The van der Waals surface area contributed by atoms with Crippen LogP contribution < -0.4 is 14.6 Å². The van der Waals surface area contributed by atoms with Crippen LogP contribution in [-0.2, 0) is 33.1 Å². The van der Waals surface area contributed by atoms with Crippen LogP contribution in [-0.4, -0.2) is 68.8 Å². The van der Waals surface area contributed by atoms with Gasteiger partial charge in [-0.2, -0.15) is 8.42 Å². The van der Waals surface area contributed by atoms with Gasteiger partial charge in [-0.05, 0) is 97.5 Å². The van der Waals surface area contributed by atoms with Crippen LogP contribution in [0.5, 0.6) is 34.5 Å². The summed E-state index contributed by atoms with van der Waals surface area (Å²) in [6, 6.07) is 21.0. The van der Waals surface area contributed by atoms with Crippen LogP contribution in [0, 0.1) is 0 Å². The van der Waals surface area contributed by atoms with Crippen molar-refractivity contribution < 1.29 is 45.6 Å². The number of hydrogen-bond acceptors (Lipinski definition) is 9. The van der Waals surface area contributed by atoms with Gasteiger partial charge in [0, 0.05) is 0 Å². The van der Waals surface area contributed by atoms with Crippen molar-refractivity contribution in [1.29, 1.82) is 0 Å². The summed E-state index contributed by atoms with van der Waals surface area (Å²) in [4.78, 5) is -0.606. The summed E-state index contributed by atoms with van der Waals surface area (Å²) in [5.74, 6) is 0.627. The van der Waals surface area contributed by atoms with Crippen molar-refractivity contribution in [3.8, 4) is 34.5 Å². The number of benzene rings is 4. The van der Waals surface area contributed by atoms with Crippen LogP contribution in [0.1, 0.15) is 115 Å². The van der Waals surface area contributed by atoms with Gasteiger partial charge in [-0.15, -0.1) is 5.75 Å². The van der Waals surface area contributed by atoms with Gasteiger partial charge in [-0.25, -0.2) is 8.42 Å². The maximum atomic E-state index is 11.8. The molecule has 2 N–H and O–H groups in total. The molecule has 0 aliphatic carbocycles. The van der Waals surface area contributed by atoms with E-state index in [0.717, 1.165) is 49.7 Å². The van der Waals surface area contributed by atoms with Gasteiger partial charge in [0.1, 0.15) is 43.8 Å². The van der Waals surface area contributed by atoms with E-state index in [-0.39, 0.29) is 70.5 Å². The summed E-state index contributed by atoms with van der Waals surface area (Å²) < 4.78 is 79.1. The Morgan fingerprint density at radius 2 is 0.927 bits per heavy atom. The third-order valence-electron chi connectivity index (χ3n) is 8.82. The van der Waals surface area contributed by atoms with Crippen LogP contribution in [0.4, 0.5) is 0 Å². The van der Waals surface area contributed by atoms with E-state index in [1.165, 1.54) is 131 Å². The van der Waals surface area contributed by atoms with Crippen molar-refractivity contribution in [2.24, 2.45) is 0 Å². The molecule has 0 amide bonds. The molecular formula is C42H54CaO10S2. The maximum absolute atomic E-state index is 11.8. The van der Waals surface area contributed by atoms with Crippen LogP contribution in [0.3, 0.4) is 0 Å². The van der Waals surface area contributed by atoms with E-state index < -0.39 is 20.2 Å². The number of aromatic hydroxyl groups is 1. The zero-order valence-corrected chi connectivity index (χ0v) is 35.9. The molecule has 0 spiro atoms. The second-order valence-corrected chi connectivity index (χ2v) is 16.1. The normalized spacial score (nSPS) is 11.3. The van der Waals surface area contributed by atoms with Crippen molar-refractivity contribution in [1.82, 2.24) is 0 Å². The first-order valence-corrected chi connectivity index (χ1v) is 21.8. The third kappa shape index (κ3) is 18.8. The molecule has 0 saturated heterocycles. The predicted molar refractivity (Wildman–Crippen MR) is 214 cm³/mol. The Balaban J connectivity index is 0.000000373. The Bertz CT molecular complexity index is 1770. The van der Waals surface area contributed by atoms with Gasteiger partial charge in [0.15, 0.2) is 0 Å². The summed E-state index contributed by atoms with van der Waals surface area (Å²) in [7, 11) is -9.07. The summed E-state index contributed by atoms with van der Waals surface area (Å²) in [6.45, 7) is 4.38. The van der Waals surface area contributed by atoms with Gasteiger partial charge in [0.25, 0.3) is 10.1 Å². The van der Waals surface area contributed by atoms with Crippen LogP contribution in [0.25, 0.3) is 0 Å². The molecule has 0 bridgehead atoms. The van der Waals surface area contributed by atoms with Crippen molar-refractivity contribution in [3.05, 3.63) is 96.1 Å². The average molecular weight is 823 g/mol. The zero-order chi connectivity index (χ0) is 39.4. The largest absolute Gasteiger partial charge is 2.00 e. The first-order valence-electron chi connectivity index (χ1n) is 18.9. The van der Waals surface area contributed by atoms with Crippen LogP contribution >= 0.6 is 0 Å². The van der Waals surface area contributed by atoms with Gasteiger partial charge in [0.05, 0.1) is 4.90 Å². The Morgan fingerprint density at radius 3 is 1.35 bits per heavy atom. The monoisotopic (exact) mass is 822 g/mol. The fraction of sp³-hybridized carbons (Fsp3) is 0.429. The number of phenolic OH excluding ortho intramolecular Hbond substituents is 1. The van der Waals surface area contributed by atoms with Crippen LogP contribution in [0.2, 0.25) is 0 Å². The fourth-order valence-corrected chi connectivity index (χ4v) is 7.15. The van der Waals surface area contributed by atoms with E-state index in [1.807, 2.05) is 6.07 Å². The molecule has 0 fully saturated rings.